The van der Waals surface area contributed by atoms with E-state index in [0.29, 0.717) is 17.7 Å². The van der Waals surface area contributed by atoms with Gasteiger partial charge in [-0.1, -0.05) is 25.5 Å². The summed E-state index contributed by atoms with van der Waals surface area (Å²) in [7, 11) is 0. The van der Waals surface area contributed by atoms with Crippen LogP contribution < -0.4 is 16.4 Å². The lowest BCUT2D eigenvalue weighted by molar-refractivity contribution is -0.117. The zero-order chi connectivity index (χ0) is 15.1. The first kappa shape index (κ1) is 19.4. The number of halogens is 1. The zero-order valence-electron chi connectivity index (χ0n) is 12.7. The van der Waals surface area contributed by atoms with Crippen LogP contribution in [0.2, 0.25) is 0 Å². The average molecular weight is 314 g/mol. The molecule has 0 aromatic heterocycles. The molecule has 1 unspecified atom stereocenters. The quantitative estimate of drug-likeness (QED) is 0.753. The van der Waals surface area contributed by atoms with Gasteiger partial charge in [-0.15, -0.1) is 12.4 Å². The number of nitrogens with one attached hydrogen (secondary N) is 2. The van der Waals surface area contributed by atoms with Crippen molar-refractivity contribution in [2.24, 2.45) is 5.73 Å². The number of hydrogen-bond donors (Lipinski definition) is 3. The summed E-state index contributed by atoms with van der Waals surface area (Å²) in [5.41, 5.74) is 6.70. The third-order valence-corrected chi connectivity index (χ3v) is 2.79. The van der Waals surface area contributed by atoms with E-state index in [-0.39, 0.29) is 30.3 Å². The van der Waals surface area contributed by atoms with E-state index in [1.807, 2.05) is 20.8 Å². The second-order valence-electron chi connectivity index (χ2n) is 5.06. The van der Waals surface area contributed by atoms with Gasteiger partial charge in [-0.05, 0) is 32.4 Å². The number of anilines is 1. The molecule has 1 atom stereocenters. The minimum absolute atomic E-state index is 0. The van der Waals surface area contributed by atoms with E-state index in [2.05, 4.69) is 10.6 Å². The van der Waals surface area contributed by atoms with Crippen molar-refractivity contribution < 1.29 is 9.59 Å². The van der Waals surface area contributed by atoms with Crippen molar-refractivity contribution in [3.05, 3.63) is 29.8 Å². The predicted molar refractivity (Wildman–Crippen MR) is 87.8 cm³/mol. The molecule has 1 aromatic rings. The highest BCUT2D eigenvalue weighted by molar-refractivity contribution is 6.04. The largest absolute Gasteiger partial charge is 0.350 e. The minimum atomic E-state index is -0.554. The Kier molecular flexibility index (Phi) is 8.66. The van der Waals surface area contributed by atoms with Gasteiger partial charge in [-0.3, -0.25) is 9.59 Å². The molecule has 5 nitrogen and oxygen atoms in total. The smallest absolute Gasteiger partial charge is 0.253 e. The highest BCUT2D eigenvalue weighted by Crippen LogP contribution is 2.15. The van der Waals surface area contributed by atoms with Crippen molar-refractivity contribution in [1.82, 2.24) is 5.32 Å². The van der Waals surface area contributed by atoms with Crippen molar-refractivity contribution in [1.29, 1.82) is 0 Å². The van der Waals surface area contributed by atoms with E-state index in [9.17, 15) is 9.59 Å². The summed E-state index contributed by atoms with van der Waals surface area (Å²) in [6.45, 7) is 5.74. The van der Waals surface area contributed by atoms with Gasteiger partial charge < -0.3 is 16.4 Å². The summed E-state index contributed by atoms with van der Waals surface area (Å²) in [6, 6.07) is 6.39. The van der Waals surface area contributed by atoms with Gasteiger partial charge in [0.25, 0.3) is 5.91 Å². The molecule has 0 heterocycles. The molecular formula is C15H24ClN3O2. The summed E-state index contributed by atoms with van der Waals surface area (Å²) in [5.74, 6) is -0.475. The van der Waals surface area contributed by atoms with Gasteiger partial charge in [0.05, 0.1) is 17.3 Å². The maximum absolute atomic E-state index is 12.1. The van der Waals surface area contributed by atoms with E-state index >= 15 is 0 Å². The van der Waals surface area contributed by atoms with E-state index in [0.717, 1.165) is 6.42 Å². The topological polar surface area (TPSA) is 84.2 Å². The van der Waals surface area contributed by atoms with Gasteiger partial charge in [-0.2, -0.15) is 0 Å². The van der Waals surface area contributed by atoms with Crippen LogP contribution in [0.5, 0.6) is 0 Å². The Morgan fingerprint density at radius 2 is 1.86 bits per heavy atom. The number of carbonyl (C=O) groups excluding carboxylic acids is 2. The summed E-state index contributed by atoms with van der Waals surface area (Å²) in [6.07, 6.45) is 1.45. The normalized spacial score (nSPS) is 11.5. The Balaban J connectivity index is 0.00000400. The molecule has 1 aromatic carbocycles. The molecular weight excluding hydrogens is 290 g/mol. The lowest BCUT2D eigenvalue weighted by Crippen LogP contribution is -2.36. The molecule has 0 aliphatic rings. The number of hydrogen-bond acceptors (Lipinski definition) is 3. The van der Waals surface area contributed by atoms with Gasteiger partial charge in [0, 0.05) is 6.04 Å². The molecule has 21 heavy (non-hydrogen) atoms. The van der Waals surface area contributed by atoms with Crippen LogP contribution >= 0.6 is 12.4 Å². The van der Waals surface area contributed by atoms with Crippen molar-refractivity contribution >= 4 is 29.9 Å². The molecule has 0 aliphatic heterocycles. The van der Waals surface area contributed by atoms with Crippen LogP contribution in [0.1, 0.15) is 44.0 Å². The van der Waals surface area contributed by atoms with Crippen molar-refractivity contribution in [3.63, 3.8) is 0 Å². The molecule has 0 spiro atoms. The number of rotatable bonds is 6. The maximum atomic E-state index is 12.1. The third-order valence-electron chi connectivity index (χ3n) is 2.79. The Hall–Kier alpha value is -1.59. The first-order valence-corrected chi connectivity index (χ1v) is 6.92. The highest BCUT2D eigenvalue weighted by Gasteiger charge is 2.17. The first-order chi connectivity index (χ1) is 9.45. The minimum Gasteiger partial charge on any atom is -0.350 e. The molecule has 2 amide bonds. The molecule has 0 fully saturated rings. The van der Waals surface area contributed by atoms with Gasteiger partial charge >= 0.3 is 0 Å². The Morgan fingerprint density at radius 3 is 2.43 bits per heavy atom. The van der Waals surface area contributed by atoms with Gasteiger partial charge in [-0.25, -0.2) is 0 Å². The first-order valence-electron chi connectivity index (χ1n) is 6.92. The molecule has 0 radical (unpaired) electrons. The van der Waals surface area contributed by atoms with Gasteiger partial charge in [0.2, 0.25) is 5.91 Å². The Labute approximate surface area is 132 Å². The van der Waals surface area contributed by atoms with Crippen LogP contribution in [0.25, 0.3) is 0 Å². The maximum Gasteiger partial charge on any atom is 0.253 e. The lowest BCUT2D eigenvalue weighted by Gasteiger charge is -2.15. The molecule has 0 bridgehead atoms. The standard InChI is InChI=1S/C15H23N3O2.ClH/c1-4-7-12(16)15(20)18-13-9-6-5-8-11(13)14(19)17-10(2)3;/h5-6,8-10,12H,4,7,16H2,1-3H3,(H,17,19)(H,18,20);1H. The summed E-state index contributed by atoms with van der Waals surface area (Å²) in [4.78, 5) is 24.0. The van der Waals surface area contributed by atoms with E-state index in [1.54, 1.807) is 24.3 Å². The molecule has 0 saturated carbocycles. The molecule has 6 heteroatoms. The molecule has 0 saturated heterocycles. The second kappa shape index (κ2) is 9.37. The van der Waals surface area contributed by atoms with Crippen LogP contribution in [-0.2, 0) is 4.79 Å². The fourth-order valence-electron chi connectivity index (χ4n) is 1.80. The molecule has 0 aliphatic carbocycles. The van der Waals surface area contributed by atoms with E-state index in [1.165, 1.54) is 0 Å². The lowest BCUT2D eigenvalue weighted by atomic mass is 10.1. The van der Waals surface area contributed by atoms with Crippen LogP contribution in [0.4, 0.5) is 5.69 Å². The zero-order valence-corrected chi connectivity index (χ0v) is 13.5. The second-order valence-corrected chi connectivity index (χ2v) is 5.06. The average Bonchev–Trinajstić information content (AvgIpc) is 2.38. The SMILES string of the molecule is CCCC(N)C(=O)Nc1ccccc1C(=O)NC(C)C.Cl. The van der Waals surface area contributed by atoms with E-state index in [4.69, 9.17) is 5.73 Å². The van der Waals surface area contributed by atoms with Crippen molar-refractivity contribution in [2.75, 3.05) is 5.32 Å². The van der Waals surface area contributed by atoms with Crippen molar-refractivity contribution in [3.8, 4) is 0 Å². The highest BCUT2D eigenvalue weighted by atomic mass is 35.5. The monoisotopic (exact) mass is 313 g/mol. The van der Waals surface area contributed by atoms with Crippen LogP contribution in [0.15, 0.2) is 24.3 Å². The number of amides is 2. The third kappa shape index (κ3) is 6.14. The summed E-state index contributed by atoms with van der Waals surface area (Å²) in [5, 5.41) is 5.53. The number of para-hydroxylation sites is 1. The summed E-state index contributed by atoms with van der Waals surface area (Å²) >= 11 is 0. The van der Waals surface area contributed by atoms with Crippen LogP contribution in [0.3, 0.4) is 0 Å². The van der Waals surface area contributed by atoms with Gasteiger partial charge in [0.15, 0.2) is 0 Å². The van der Waals surface area contributed by atoms with Crippen LogP contribution in [-0.4, -0.2) is 23.9 Å². The number of carbonyl (C=O) groups is 2. The molecule has 1 rings (SSSR count). The fraction of sp³-hybridized carbons (Fsp3) is 0.467. The van der Waals surface area contributed by atoms with Gasteiger partial charge in [0.1, 0.15) is 0 Å². The molecule has 118 valence electrons. The molecule has 4 N–H and O–H groups in total. The summed E-state index contributed by atoms with van der Waals surface area (Å²) < 4.78 is 0. The number of benzene rings is 1. The Bertz CT molecular complexity index is 478. The predicted octanol–water partition coefficient (Wildman–Crippen LogP) is 2.31. The van der Waals surface area contributed by atoms with E-state index < -0.39 is 6.04 Å². The number of nitrogens with two attached hydrogens (primary N) is 1. The Morgan fingerprint density at radius 1 is 1.24 bits per heavy atom. The van der Waals surface area contributed by atoms with Crippen LogP contribution in [0, 0.1) is 0 Å². The van der Waals surface area contributed by atoms with Crippen molar-refractivity contribution in [2.45, 2.75) is 45.7 Å². The fourth-order valence-corrected chi connectivity index (χ4v) is 1.80.